The van der Waals surface area contributed by atoms with Crippen LogP contribution in [0.3, 0.4) is 0 Å². The molecule has 0 heterocycles. The van der Waals surface area contributed by atoms with Crippen LogP contribution in [0, 0.1) is 21.3 Å². The van der Waals surface area contributed by atoms with Crippen molar-refractivity contribution in [3.05, 3.63) is 63.2 Å². The molecule has 6 rings (SSSR count). The molecule has 0 unspecified atom stereocenters. The largest absolute Gasteiger partial charge is 0.489 e. The van der Waals surface area contributed by atoms with Gasteiger partial charge in [-0.3, -0.25) is 0 Å². The number of rotatable bonds is 6. The number of ether oxygens (including phenoxy) is 1. The van der Waals surface area contributed by atoms with E-state index >= 15 is 0 Å². The molecule has 4 saturated carbocycles. The third-order valence-electron chi connectivity index (χ3n) is 6.98. The number of hydrogen-bond acceptors (Lipinski definition) is 2. The first-order valence-electron chi connectivity index (χ1n) is 10.4. The zero-order valence-electron chi connectivity index (χ0n) is 15.8. The van der Waals surface area contributed by atoms with Crippen LogP contribution >= 0.6 is 22.6 Å². The van der Waals surface area contributed by atoms with Crippen molar-refractivity contribution in [2.45, 2.75) is 57.2 Å². The van der Waals surface area contributed by atoms with Crippen molar-refractivity contribution in [2.75, 3.05) is 0 Å². The zero-order chi connectivity index (χ0) is 18.3. The average Bonchev–Trinajstić information content (AvgIpc) is 2.66. The maximum atomic E-state index is 5.98. The Balaban J connectivity index is 1.17. The Labute approximate surface area is 176 Å². The fourth-order valence-electron chi connectivity index (χ4n) is 6.10. The van der Waals surface area contributed by atoms with E-state index in [1.807, 2.05) is 0 Å². The molecule has 2 aromatic rings. The number of nitrogens with one attached hydrogen (secondary N) is 1. The van der Waals surface area contributed by atoms with Gasteiger partial charge in [0, 0.05) is 21.2 Å². The van der Waals surface area contributed by atoms with E-state index < -0.39 is 0 Å². The lowest BCUT2D eigenvalue weighted by Crippen LogP contribution is -2.58. The van der Waals surface area contributed by atoms with E-state index in [0.29, 0.717) is 12.1 Å². The second kappa shape index (κ2) is 7.40. The summed E-state index contributed by atoms with van der Waals surface area (Å²) in [7, 11) is 0. The predicted molar refractivity (Wildman–Crippen MR) is 118 cm³/mol. The summed E-state index contributed by atoms with van der Waals surface area (Å²) in [4.78, 5) is 0. The lowest BCUT2D eigenvalue weighted by molar-refractivity contribution is -0.0206. The van der Waals surface area contributed by atoms with Gasteiger partial charge in [0.2, 0.25) is 0 Å². The Bertz CT molecular complexity index is 765. The van der Waals surface area contributed by atoms with Crippen LogP contribution in [-0.2, 0) is 13.2 Å². The van der Waals surface area contributed by atoms with Gasteiger partial charge in [0.15, 0.2) is 0 Å². The fourth-order valence-corrected chi connectivity index (χ4v) is 6.64. The molecular formula is C24H28INO. The van der Waals surface area contributed by atoms with Crippen LogP contribution in [0.4, 0.5) is 0 Å². The molecule has 3 heteroatoms. The Morgan fingerprint density at radius 1 is 0.889 bits per heavy atom. The average molecular weight is 473 g/mol. The van der Waals surface area contributed by atoms with Crippen molar-refractivity contribution in [1.82, 2.24) is 5.32 Å². The van der Waals surface area contributed by atoms with Gasteiger partial charge in [0.05, 0.1) is 0 Å². The standard InChI is InChI=1S/C24H28INO/c25-23-4-2-1-3-21(23)16-27-22-7-5-17(6-8-22)15-26-24-12-18-9-19(13-24)11-20(10-18)14-24/h1-8,18-20,26H,9-16H2. The molecule has 4 bridgehead atoms. The SMILES string of the molecule is Ic1ccccc1COc1ccc(CNC23CC4CC(CC(C4)C2)C3)cc1. The van der Waals surface area contributed by atoms with Gasteiger partial charge in [-0.25, -0.2) is 0 Å². The Kier molecular flexibility index (Phi) is 4.93. The summed E-state index contributed by atoms with van der Waals surface area (Å²) < 4.78 is 7.24. The first kappa shape index (κ1) is 18.0. The van der Waals surface area contributed by atoms with Gasteiger partial charge in [0.1, 0.15) is 12.4 Å². The first-order chi connectivity index (χ1) is 13.2. The predicted octanol–water partition coefficient (Wildman–Crippen LogP) is 5.93. The molecule has 27 heavy (non-hydrogen) atoms. The molecule has 0 aliphatic heterocycles. The van der Waals surface area contributed by atoms with E-state index in [0.717, 1.165) is 30.0 Å². The van der Waals surface area contributed by atoms with E-state index in [4.69, 9.17) is 4.74 Å². The molecule has 2 aromatic carbocycles. The minimum Gasteiger partial charge on any atom is -0.489 e. The highest BCUT2D eigenvalue weighted by Gasteiger charge is 2.50. The van der Waals surface area contributed by atoms with Gasteiger partial charge in [-0.2, -0.15) is 0 Å². The lowest BCUT2D eigenvalue weighted by atomic mass is 9.53. The second-order valence-electron chi connectivity index (χ2n) is 9.08. The van der Waals surface area contributed by atoms with Gasteiger partial charge in [-0.15, -0.1) is 0 Å². The summed E-state index contributed by atoms with van der Waals surface area (Å²) in [6.07, 6.45) is 8.76. The molecule has 0 radical (unpaired) electrons. The van der Waals surface area contributed by atoms with Crippen LogP contribution in [0.1, 0.15) is 49.7 Å². The number of hydrogen-bond donors (Lipinski definition) is 1. The third-order valence-corrected chi connectivity index (χ3v) is 8.03. The molecule has 0 spiro atoms. The lowest BCUT2D eigenvalue weighted by Gasteiger charge is -2.57. The highest BCUT2D eigenvalue weighted by atomic mass is 127. The van der Waals surface area contributed by atoms with Crippen molar-refractivity contribution in [3.8, 4) is 5.75 Å². The van der Waals surface area contributed by atoms with E-state index in [1.165, 1.54) is 53.2 Å². The van der Waals surface area contributed by atoms with Crippen LogP contribution in [0.25, 0.3) is 0 Å². The van der Waals surface area contributed by atoms with Crippen LogP contribution in [0.15, 0.2) is 48.5 Å². The van der Waals surface area contributed by atoms with Crippen molar-refractivity contribution in [3.63, 3.8) is 0 Å². The van der Waals surface area contributed by atoms with Crippen molar-refractivity contribution in [1.29, 1.82) is 0 Å². The van der Waals surface area contributed by atoms with E-state index in [9.17, 15) is 0 Å². The first-order valence-corrected chi connectivity index (χ1v) is 11.5. The summed E-state index contributed by atoms with van der Waals surface area (Å²) >= 11 is 2.37. The van der Waals surface area contributed by atoms with Crippen LogP contribution in [-0.4, -0.2) is 5.54 Å². The van der Waals surface area contributed by atoms with Gasteiger partial charge >= 0.3 is 0 Å². The Hall–Kier alpha value is -1.07. The molecule has 0 aromatic heterocycles. The van der Waals surface area contributed by atoms with Crippen molar-refractivity contribution < 1.29 is 4.74 Å². The summed E-state index contributed by atoms with van der Waals surface area (Å²) in [5, 5.41) is 3.99. The molecule has 4 fully saturated rings. The summed E-state index contributed by atoms with van der Waals surface area (Å²) in [5.74, 6) is 3.95. The molecule has 2 nitrogen and oxygen atoms in total. The van der Waals surface area contributed by atoms with Gasteiger partial charge in [-0.1, -0.05) is 30.3 Å². The monoisotopic (exact) mass is 473 g/mol. The van der Waals surface area contributed by atoms with Gasteiger partial charge in [0.25, 0.3) is 0 Å². The van der Waals surface area contributed by atoms with Crippen LogP contribution < -0.4 is 10.1 Å². The molecule has 4 aliphatic rings. The minimum atomic E-state index is 0.438. The quantitative estimate of drug-likeness (QED) is 0.526. The second-order valence-corrected chi connectivity index (χ2v) is 10.2. The van der Waals surface area contributed by atoms with Crippen LogP contribution in [0.5, 0.6) is 5.75 Å². The molecule has 142 valence electrons. The molecule has 1 N–H and O–H groups in total. The normalized spacial score (nSPS) is 31.2. The maximum absolute atomic E-state index is 5.98. The highest BCUT2D eigenvalue weighted by molar-refractivity contribution is 14.1. The smallest absolute Gasteiger partial charge is 0.119 e. The fraction of sp³-hybridized carbons (Fsp3) is 0.500. The topological polar surface area (TPSA) is 21.3 Å². The van der Waals surface area contributed by atoms with E-state index in [2.05, 4.69) is 76.4 Å². The minimum absolute atomic E-state index is 0.438. The summed E-state index contributed by atoms with van der Waals surface area (Å²) in [5.41, 5.74) is 3.05. The van der Waals surface area contributed by atoms with Crippen LogP contribution in [0.2, 0.25) is 0 Å². The van der Waals surface area contributed by atoms with E-state index in [-0.39, 0.29) is 0 Å². The number of benzene rings is 2. The number of halogens is 1. The maximum Gasteiger partial charge on any atom is 0.119 e. The van der Waals surface area contributed by atoms with Crippen molar-refractivity contribution in [2.24, 2.45) is 17.8 Å². The molecular weight excluding hydrogens is 445 g/mol. The van der Waals surface area contributed by atoms with E-state index in [1.54, 1.807) is 0 Å². The summed E-state index contributed by atoms with van der Waals surface area (Å²) in [6.45, 7) is 1.62. The van der Waals surface area contributed by atoms with Gasteiger partial charge in [-0.05, 0) is 103 Å². The highest BCUT2D eigenvalue weighted by Crippen LogP contribution is 2.55. The van der Waals surface area contributed by atoms with Crippen molar-refractivity contribution >= 4 is 22.6 Å². The Morgan fingerprint density at radius 3 is 2.15 bits per heavy atom. The molecule has 0 atom stereocenters. The summed E-state index contributed by atoms with van der Waals surface area (Å²) in [6, 6.07) is 17.1. The molecule has 0 amide bonds. The third kappa shape index (κ3) is 3.91. The van der Waals surface area contributed by atoms with Gasteiger partial charge < -0.3 is 10.1 Å². The molecule has 0 saturated heterocycles. The molecule has 4 aliphatic carbocycles. The zero-order valence-corrected chi connectivity index (χ0v) is 18.0. The Morgan fingerprint density at radius 2 is 1.52 bits per heavy atom.